The topological polar surface area (TPSA) is 88.9 Å². The van der Waals surface area contributed by atoms with Gasteiger partial charge in [-0.15, -0.1) is 0 Å². The third kappa shape index (κ3) is 2.67. The summed E-state index contributed by atoms with van der Waals surface area (Å²) in [5, 5.41) is 9.43. The predicted molar refractivity (Wildman–Crippen MR) is 76.7 cm³/mol. The summed E-state index contributed by atoms with van der Waals surface area (Å²) >= 11 is 0. The van der Waals surface area contributed by atoms with E-state index in [0.29, 0.717) is 23.9 Å². The number of amides is 2. The number of nitrogens with zero attached hydrogens (tertiary/aromatic N) is 3. The Morgan fingerprint density at radius 1 is 1.41 bits per heavy atom. The Bertz CT molecular complexity index is 725. The van der Waals surface area contributed by atoms with Crippen molar-refractivity contribution in [3.05, 3.63) is 35.9 Å². The van der Waals surface area contributed by atoms with Crippen molar-refractivity contribution in [2.24, 2.45) is 0 Å². The third-order valence-corrected chi connectivity index (χ3v) is 3.33. The first-order valence-corrected chi connectivity index (χ1v) is 6.88. The molecule has 3 rings (SSSR count). The molecule has 0 aliphatic carbocycles. The number of halogens is 1. The van der Waals surface area contributed by atoms with Gasteiger partial charge >= 0.3 is 0 Å². The minimum atomic E-state index is -0.719. The molecule has 0 saturated heterocycles. The van der Waals surface area contributed by atoms with Gasteiger partial charge in [-0.1, -0.05) is 6.92 Å². The first kappa shape index (κ1) is 14.2. The third-order valence-electron chi connectivity index (χ3n) is 3.33. The van der Waals surface area contributed by atoms with E-state index in [1.165, 1.54) is 28.9 Å². The maximum absolute atomic E-state index is 12.8. The zero-order valence-electron chi connectivity index (χ0n) is 11.8. The highest BCUT2D eigenvalue weighted by Gasteiger charge is 2.34. The second-order valence-corrected chi connectivity index (χ2v) is 4.91. The van der Waals surface area contributed by atoms with Crippen molar-refractivity contribution in [2.75, 3.05) is 10.6 Å². The monoisotopic (exact) mass is 303 g/mol. The Kier molecular flexibility index (Phi) is 3.58. The highest BCUT2D eigenvalue weighted by molar-refractivity contribution is 6.00. The number of hydrogen-bond acceptors (Lipinski definition) is 4. The van der Waals surface area contributed by atoms with E-state index in [-0.39, 0.29) is 24.1 Å². The smallest absolute Gasteiger partial charge is 0.252 e. The number of nitrogens with one attached hydrogen (secondary N) is 2. The molecule has 0 radical (unpaired) electrons. The molecule has 0 spiro atoms. The number of fused-ring (bicyclic) bond motifs is 1. The molecule has 7 nitrogen and oxygen atoms in total. The molecule has 8 heteroatoms. The van der Waals surface area contributed by atoms with Crippen LogP contribution in [0.3, 0.4) is 0 Å². The molecule has 0 bridgehead atoms. The molecular weight excluding hydrogens is 289 g/mol. The molecule has 1 unspecified atom stereocenters. The summed E-state index contributed by atoms with van der Waals surface area (Å²) in [5.41, 5.74) is 0.470. The van der Waals surface area contributed by atoms with E-state index in [9.17, 15) is 14.0 Å². The van der Waals surface area contributed by atoms with Crippen LogP contribution in [0, 0.1) is 5.82 Å². The zero-order chi connectivity index (χ0) is 15.7. The van der Waals surface area contributed by atoms with Gasteiger partial charge in [-0.25, -0.2) is 9.07 Å². The molecule has 2 heterocycles. The Morgan fingerprint density at radius 2 is 2.14 bits per heavy atom. The summed E-state index contributed by atoms with van der Waals surface area (Å²) in [6.07, 6.45) is 0.576. The van der Waals surface area contributed by atoms with Crippen LogP contribution >= 0.6 is 0 Å². The van der Waals surface area contributed by atoms with Crippen LogP contribution < -0.4 is 10.6 Å². The lowest BCUT2D eigenvalue weighted by Crippen LogP contribution is -2.24. The van der Waals surface area contributed by atoms with Crippen LogP contribution in [0.25, 0.3) is 0 Å². The van der Waals surface area contributed by atoms with Crippen molar-refractivity contribution in [3.8, 4) is 0 Å². The van der Waals surface area contributed by atoms with Gasteiger partial charge in [0.2, 0.25) is 11.9 Å². The highest BCUT2D eigenvalue weighted by Crippen LogP contribution is 2.25. The number of carbonyl (C=O) groups is 2. The van der Waals surface area contributed by atoms with Crippen molar-refractivity contribution in [1.29, 1.82) is 0 Å². The molecule has 2 N–H and O–H groups in total. The van der Waals surface area contributed by atoms with Crippen LogP contribution in [0.2, 0.25) is 0 Å². The number of aryl methyl sites for hydroxylation is 1. The van der Waals surface area contributed by atoms with Crippen LogP contribution in [0.5, 0.6) is 0 Å². The second-order valence-electron chi connectivity index (χ2n) is 4.91. The number of carbonyl (C=O) groups excluding carboxylic acids is 2. The van der Waals surface area contributed by atoms with Crippen LogP contribution in [0.4, 0.5) is 16.0 Å². The van der Waals surface area contributed by atoms with E-state index < -0.39 is 6.04 Å². The van der Waals surface area contributed by atoms with E-state index in [0.717, 1.165) is 0 Å². The van der Waals surface area contributed by atoms with Gasteiger partial charge < -0.3 is 5.32 Å². The summed E-state index contributed by atoms with van der Waals surface area (Å²) in [5.74, 6) is -0.0760. The van der Waals surface area contributed by atoms with E-state index >= 15 is 0 Å². The van der Waals surface area contributed by atoms with Crippen LogP contribution in [-0.4, -0.2) is 26.6 Å². The lowest BCUT2D eigenvalue weighted by molar-refractivity contribution is -0.123. The Balaban J connectivity index is 1.70. The van der Waals surface area contributed by atoms with Gasteiger partial charge in [0.15, 0.2) is 5.82 Å². The van der Waals surface area contributed by atoms with Gasteiger partial charge in [0.1, 0.15) is 11.9 Å². The number of anilines is 2. The number of rotatable bonds is 4. The molecule has 1 aromatic heterocycles. The van der Waals surface area contributed by atoms with Gasteiger partial charge in [0, 0.05) is 12.1 Å². The minimum Gasteiger partial charge on any atom is -0.326 e. The van der Waals surface area contributed by atoms with Gasteiger partial charge in [-0.2, -0.15) is 10.1 Å². The van der Waals surface area contributed by atoms with Gasteiger partial charge in [0.25, 0.3) is 5.91 Å². The van der Waals surface area contributed by atoms with Crippen molar-refractivity contribution in [3.63, 3.8) is 0 Å². The summed E-state index contributed by atoms with van der Waals surface area (Å²) in [7, 11) is 0. The molecule has 1 aromatic carbocycles. The van der Waals surface area contributed by atoms with Crippen molar-refractivity contribution in [2.45, 2.75) is 25.8 Å². The van der Waals surface area contributed by atoms with Crippen molar-refractivity contribution in [1.82, 2.24) is 14.8 Å². The molecule has 1 atom stereocenters. The van der Waals surface area contributed by atoms with Crippen LogP contribution in [0.15, 0.2) is 24.3 Å². The van der Waals surface area contributed by atoms with Gasteiger partial charge in [-0.05, 0) is 24.3 Å². The van der Waals surface area contributed by atoms with Gasteiger partial charge in [0.05, 0.1) is 6.42 Å². The van der Waals surface area contributed by atoms with Crippen molar-refractivity contribution >= 4 is 23.5 Å². The fourth-order valence-corrected chi connectivity index (χ4v) is 2.22. The molecule has 1 aliphatic rings. The fraction of sp³-hybridized carbons (Fsp3) is 0.286. The molecule has 0 saturated carbocycles. The molecule has 114 valence electrons. The Labute approximate surface area is 125 Å². The molecule has 0 fully saturated rings. The Morgan fingerprint density at radius 3 is 2.82 bits per heavy atom. The summed E-state index contributed by atoms with van der Waals surface area (Å²) in [6.45, 7) is 1.91. The quantitative estimate of drug-likeness (QED) is 0.896. The largest absolute Gasteiger partial charge is 0.326 e. The predicted octanol–water partition coefficient (Wildman–Crippen LogP) is 1.50. The lowest BCUT2D eigenvalue weighted by Gasteiger charge is -2.09. The minimum absolute atomic E-state index is 0.0667. The average molecular weight is 303 g/mol. The number of hydrogen-bond donors (Lipinski definition) is 2. The molecule has 2 amide bonds. The maximum atomic E-state index is 12.8. The molecule has 1 aliphatic heterocycles. The average Bonchev–Trinajstić information content (AvgIpc) is 3.00. The lowest BCUT2D eigenvalue weighted by atomic mass is 10.2. The Hall–Kier alpha value is -2.77. The van der Waals surface area contributed by atoms with Crippen molar-refractivity contribution < 1.29 is 14.0 Å². The molecule has 22 heavy (non-hydrogen) atoms. The maximum Gasteiger partial charge on any atom is 0.252 e. The number of benzene rings is 1. The zero-order valence-corrected chi connectivity index (χ0v) is 11.8. The standard InChI is InChI=1S/C14H14FN5O2/c1-2-11-17-14-18-13(22)10(20(14)19-11)7-12(21)16-9-5-3-8(15)4-6-9/h3-6,10H,2,7H2,1H3,(H,16,21)(H,17,18,19,22). The molecule has 2 aromatic rings. The second kappa shape index (κ2) is 5.55. The summed E-state index contributed by atoms with van der Waals surface area (Å²) < 4.78 is 14.3. The van der Waals surface area contributed by atoms with E-state index in [2.05, 4.69) is 20.7 Å². The van der Waals surface area contributed by atoms with Crippen LogP contribution in [-0.2, 0) is 16.0 Å². The fourth-order valence-electron chi connectivity index (χ4n) is 2.22. The summed E-state index contributed by atoms with van der Waals surface area (Å²) in [4.78, 5) is 28.1. The van der Waals surface area contributed by atoms with E-state index in [1.54, 1.807) is 0 Å². The first-order valence-electron chi connectivity index (χ1n) is 6.88. The highest BCUT2D eigenvalue weighted by atomic mass is 19.1. The SMILES string of the molecule is CCc1nc2n(n1)C(CC(=O)Nc1ccc(F)cc1)C(=O)N2. The molecular formula is C14H14FN5O2. The normalized spacial score (nSPS) is 16.3. The van der Waals surface area contributed by atoms with E-state index in [1.807, 2.05) is 6.92 Å². The summed E-state index contributed by atoms with van der Waals surface area (Å²) in [6, 6.07) is 4.70. The van der Waals surface area contributed by atoms with Crippen LogP contribution in [0.1, 0.15) is 25.2 Å². The first-order chi connectivity index (χ1) is 10.6. The number of aromatic nitrogens is 3. The van der Waals surface area contributed by atoms with Gasteiger partial charge in [-0.3, -0.25) is 14.9 Å². The van der Waals surface area contributed by atoms with E-state index in [4.69, 9.17) is 0 Å².